The summed E-state index contributed by atoms with van der Waals surface area (Å²) in [5, 5.41) is 12.6. The highest BCUT2D eigenvalue weighted by Gasteiger charge is 2.48. The number of benzene rings is 1. The molecule has 1 aliphatic rings. The fourth-order valence-electron chi connectivity index (χ4n) is 3.44. The second-order valence-corrected chi connectivity index (χ2v) is 9.39. The molecule has 2 N–H and O–H groups in total. The molecule has 0 aromatic heterocycles. The van der Waals surface area contributed by atoms with Gasteiger partial charge in [-0.25, -0.2) is 0 Å². The largest absolute Gasteiger partial charge is 0.516 e. The quantitative estimate of drug-likeness (QED) is 0.546. The van der Waals surface area contributed by atoms with Crippen LogP contribution in [-0.2, 0) is 21.4 Å². The van der Waals surface area contributed by atoms with Crippen LogP contribution in [-0.4, -0.2) is 41.7 Å². The summed E-state index contributed by atoms with van der Waals surface area (Å²) in [4.78, 5) is 14.3. The van der Waals surface area contributed by atoms with Crippen LogP contribution in [0.1, 0.15) is 39.7 Å². The highest BCUT2D eigenvalue weighted by atomic mass is 32.2. The van der Waals surface area contributed by atoms with Gasteiger partial charge in [0, 0.05) is 18.0 Å². The molecule has 1 amide bonds. The molecule has 1 heterocycles. The number of likely N-dealkylation sites (tertiary alicyclic amines) is 1. The molecule has 1 fully saturated rings. The zero-order chi connectivity index (χ0) is 22.2. The van der Waals surface area contributed by atoms with Gasteiger partial charge in [-0.05, 0) is 30.9 Å². The minimum Gasteiger partial charge on any atom is -0.410 e. The van der Waals surface area contributed by atoms with Crippen LogP contribution in [0, 0.1) is 11.3 Å². The number of carbonyl (C=O) groups excluding carboxylic acids is 1. The van der Waals surface area contributed by atoms with E-state index in [-0.39, 0.29) is 35.5 Å². The minimum absolute atomic E-state index is 0.00725. The number of alkyl halides is 3. The van der Waals surface area contributed by atoms with Crippen LogP contribution in [0.5, 0.6) is 0 Å². The number of nitrogens with zero attached hydrogens (tertiary/aromatic N) is 2. The lowest BCUT2D eigenvalue weighted by atomic mass is 9.68. The molecule has 0 aliphatic carbocycles. The maximum Gasteiger partial charge on any atom is 0.516 e. The van der Waals surface area contributed by atoms with Crippen LogP contribution in [0.2, 0.25) is 0 Å². The number of anilines is 1. The predicted octanol–water partition coefficient (Wildman–Crippen LogP) is 3.56. The third-order valence-corrected chi connectivity index (χ3v) is 6.64. The Morgan fingerprint density at radius 3 is 2.45 bits per heavy atom. The average Bonchev–Trinajstić information content (AvgIpc) is 2.58. The van der Waals surface area contributed by atoms with Crippen molar-refractivity contribution in [2.24, 2.45) is 16.5 Å². The van der Waals surface area contributed by atoms with E-state index in [1.54, 1.807) is 6.92 Å². The van der Waals surface area contributed by atoms with E-state index < -0.39 is 26.9 Å². The number of carbonyl (C=O) groups is 1. The molecule has 1 unspecified atom stereocenters. The lowest BCUT2D eigenvalue weighted by molar-refractivity contribution is -0.130. The van der Waals surface area contributed by atoms with E-state index in [1.807, 2.05) is 20.8 Å². The first-order valence-corrected chi connectivity index (χ1v) is 10.4. The lowest BCUT2D eigenvalue weighted by Crippen LogP contribution is -2.56. The van der Waals surface area contributed by atoms with Gasteiger partial charge in [0.1, 0.15) is 0 Å². The molecule has 2 rings (SSSR count). The molecular formula is C18H24F3N3O4S. The summed E-state index contributed by atoms with van der Waals surface area (Å²) in [6.45, 7) is 7.27. The first-order chi connectivity index (χ1) is 13.2. The predicted molar refractivity (Wildman–Crippen MR) is 102 cm³/mol. The Balaban J connectivity index is 2.37. The van der Waals surface area contributed by atoms with E-state index in [2.05, 4.69) is 5.16 Å². The fourth-order valence-corrected chi connectivity index (χ4v) is 4.04. The molecule has 162 valence electrons. The normalized spacial score (nSPS) is 25.0. The fraction of sp³-hybridized carbons (Fsp3) is 0.556. The van der Waals surface area contributed by atoms with Crippen molar-refractivity contribution < 1.29 is 31.6 Å². The highest BCUT2D eigenvalue weighted by molar-refractivity contribution is 7.93. The van der Waals surface area contributed by atoms with Crippen LogP contribution >= 0.6 is 0 Å². The highest BCUT2D eigenvalue weighted by Crippen LogP contribution is 2.40. The van der Waals surface area contributed by atoms with Gasteiger partial charge in [-0.1, -0.05) is 44.1 Å². The van der Waals surface area contributed by atoms with Crippen molar-refractivity contribution in [1.29, 1.82) is 0 Å². The molecule has 1 aromatic rings. The summed E-state index contributed by atoms with van der Waals surface area (Å²) in [6.07, 6.45) is 0.478. The van der Waals surface area contributed by atoms with Gasteiger partial charge in [-0.3, -0.25) is 9.52 Å². The van der Waals surface area contributed by atoms with E-state index in [1.165, 1.54) is 33.9 Å². The van der Waals surface area contributed by atoms with Gasteiger partial charge in [0.25, 0.3) is 5.91 Å². The Morgan fingerprint density at radius 1 is 1.34 bits per heavy atom. The number of rotatable bonds is 5. The maximum absolute atomic E-state index is 13.0. The Kier molecular flexibility index (Phi) is 6.22. The molecular weight excluding hydrogens is 411 g/mol. The number of oxime groups is 1. The van der Waals surface area contributed by atoms with Gasteiger partial charge in [0.15, 0.2) is 5.71 Å². The Morgan fingerprint density at radius 2 is 1.93 bits per heavy atom. The zero-order valence-electron chi connectivity index (χ0n) is 16.5. The van der Waals surface area contributed by atoms with Crippen molar-refractivity contribution in [3.05, 3.63) is 29.8 Å². The Bertz CT molecular complexity index is 915. The van der Waals surface area contributed by atoms with Crippen LogP contribution in [0.15, 0.2) is 29.4 Å². The number of halogens is 3. The summed E-state index contributed by atoms with van der Waals surface area (Å²) in [5.74, 6) is -0.538. The molecule has 0 radical (unpaired) electrons. The maximum atomic E-state index is 13.0. The molecule has 0 saturated carbocycles. The summed E-state index contributed by atoms with van der Waals surface area (Å²) in [6, 6.07) is 5.22. The van der Waals surface area contributed by atoms with Crippen LogP contribution in [0.3, 0.4) is 0 Å². The molecule has 29 heavy (non-hydrogen) atoms. The first-order valence-electron chi connectivity index (χ1n) is 8.95. The smallest absolute Gasteiger partial charge is 0.410 e. The number of hydrogen-bond donors (Lipinski definition) is 2. The van der Waals surface area contributed by atoms with E-state index in [9.17, 15) is 31.6 Å². The summed E-state index contributed by atoms with van der Waals surface area (Å²) >= 11 is 0. The van der Waals surface area contributed by atoms with Gasteiger partial charge in [-0.15, -0.1) is 0 Å². The van der Waals surface area contributed by atoms with Gasteiger partial charge in [0.2, 0.25) is 0 Å². The summed E-state index contributed by atoms with van der Waals surface area (Å²) in [5.41, 5.74) is -6.25. The number of piperidine rings is 1. The third-order valence-electron chi connectivity index (χ3n) is 5.54. The topological polar surface area (TPSA) is 99.1 Å². The number of amides is 1. The number of hydrogen-bond acceptors (Lipinski definition) is 5. The monoisotopic (exact) mass is 435 g/mol. The van der Waals surface area contributed by atoms with Crippen LogP contribution < -0.4 is 4.72 Å². The first kappa shape index (κ1) is 23.0. The molecule has 1 saturated heterocycles. The van der Waals surface area contributed by atoms with Gasteiger partial charge < -0.3 is 10.1 Å². The van der Waals surface area contributed by atoms with E-state index in [0.29, 0.717) is 6.42 Å². The minimum atomic E-state index is -5.60. The van der Waals surface area contributed by atoms with E-state index >= 15 is 0 Å². The SMILES string of the molecule is CC1C[C@](C)(C(C)C)/C(=N/O)C(=O)N1Cc1ccccc1NS(=O)(=O)C(F)(F)F. The van der Waals surface area contributed by atoms with Crippen molar-refractivity contribution in [2.45, 2.75) is 52.2 Å². The van der Waals surface area contributed by atoms with Crippen LogP contribution in [0.25, 0.3) is 0 Å². The zero-order valence-corrected chi connectivity index (χ0v) is 17.3. The van der Waals surface area contributed by atoms with Crippen molar-refractivity contribution in [2.75, 3.05) is 4.72 Å². The Labute approximate surface area is 167 Å². The van der Waals surface area contributed by atoms with Crippen molar-refractivity contribution in [3.63, 3.8) is 0 Å². The van der Waals surface area contributed by atoms with Crippen LogP contribution in [0.4, 0.5) is 18.9 Å². The van der Waals surface area contributed by atoms with Gasteiger partial charge in [-0.2, -0.15) is 21.6 Å². The van der Waals surface area contributed by atoms with Crippen molar-refractivity contribution >= 4 is 27.3 Å². The molecule has 2 atom stereocenters. The van der Waals surface area contributed by atoms with E-state index in [4.69, 9.17) is 0 Å². The standard InChI is InChI=1S/C18H24F3N3O4S/c1-11(2)17(4)9-12(3)24(16(25)15(17)22-26)10-13-7-5-6-8-14(13)23-29(27,28)18(19,20)21/h5-8,11-12,23,26H,9-10H2,1-4H3/b22-15+/t12?,17-/m1/s1. The molecule has 0 bridgehead atoms. The van der Waals surface area contributed by atoms with Gasteiger partial charge >= 0.3 is 15.5 Å². The second-order valence-electron chi connectivity index (χ2n) is 7.72. The molecule has 1 aliphatic heterocycles. The third kappa shape index (κ3) is 4.34. The Hall–Kier alpha value is -2.30. The molecule has 1 aromatic carbocycles. The lowest BCUT2D eigenvalue weighted by Gasteiger charge is -2.45. The number of nitrogens with one attached hydrogen (secondary N) is 1. The number of sulfonamides is 1. The summed E-state index contributed by atoms with van der Waals surface area (Å²) in [7, 11) is -5.60. The second kappa shape index (κ2) is 7.85. The van der Waals surface area contributed by atoms with Crippen molar-refractivity contribution in [1.82, 2.24) is 4.90 Å². The molecule has 7 nitrogen and oxygen atoms in total. The average molecular weight is 435 g/mol. The molecule has 0 spiro atoms. The van der Waals surface area contributed by atoms with E-state index in [0.717, 1.165) is 0 Å². The van der Waals surface area contributed by atoms with Crippen molar-refractivity contribution in [3.8, 4) is 0 Å². The molecule has 11 heteroatoms. The summed E-state index contributed by atoms with van der Waals surface area (Å²) < 4.78 is 62.7. The van der Waals surface area contributed by atoms with Gasteiger partial charge in [0.05, 0.1) is 5.69 Å². The number of para-hydroxylation sites is 1.